The van der Waals surface area contributed by atoms with Crippen molar-refractivity contribution in [3.05, 3.63) is 96.1 Å². The molecule has 0 heterocycles. The van der Waals surface area contributed by atoms with Gasteiger partial charge in [0, 0.05) is 5.69 Å². The lowest BCUT2D eigenvalue weighted by molar-refractivity contribution is -0.142. The van der Waals surface area contributed by atoms with E-state index in [0.717, 1.165) is 11.1 Å². The summed E-state index contributed by atoms with van der Waals surface area (Å²) in [7, 11) is 0. The number of phenolic OH excluding ortho intramolecular Hbond substituents is 1. The van der Waals surface area contributed by atoms with E-state index in [1.807, 2.05) is 48.5 Å². The number of carbonyl (C=O) groups is 2. The summed E-state index contributed by atoms with van der Waals surface area (Å²) >= 11 is 0. The average Bonchev–Trinajstić information content (AvgIpc) is 2.75. The van der Waals surface area contributed by atoms with Crippen molar-refractivity contribution in [3.63, 3.8) is 0 Å². The first-order valence-electron chi connectivity index (χ1n) is 9.46. The zero-order valence-corrected chi connectivity index (χ0v) is 16.2. The van der Waals surface area contributed by atoms with Crippen LogP contribution in [0.4, 0.5) is 5.69 Å². The Labute approximate surface area is 170 Å². The van der Waals surface area contributed by atoms with Gasteiger partial charge in [-0.05, 0) is 42.3 Å². The molecule has 1 amide bonds. The summed E-state index contributed by atoms with van der Waals surface area (Å²) < 4.78 is 5.09. The molecule has 0 radical (unpaired) electrons. The Morgan fingerprint density at radius 3 is 2.00 bits per heavy atom. The van der Waals surface area contributed by atoms with Crippen LogP contribution in [0.1, 0.15) is 24.0 Å². The van der Waals surface area contributed by atoms with Crippen molar-refractivity contribution in [3.8, 4) is 5.75 Å². The number of carbonyl (C=O) groups excluding carboxylic acids is 2. The highest BCUT2D eigenvalue weighted by Crippen LogP contribution is 2.30. The summed E-state index contributed by atoms with van der Waals surface area (Å²) in [5.74, 6) is -1.23. The van der Waals surface area contributed by atoms with Gasteiger partial charge in [-0.1, -0.05) is 60.7 Å². The number of ether oxygens (including phenoxy) is 1. The molecule has 3 rings (SSSR count). The van der Waals surface area contributed by atoms with Gasteiger partial charge < -0.3 is 14.7 Å². The highest BCUT2D eigenvalue weighted by Gasteiger charge is 2.30. The molecule has 0 spiro atoms. The molecule has 29 heavy (non-hydrogen) atoms. The van der Waals surface area contributed by atoms with Crippen LogP contribution in [0.3, 0.4) is 0 Å². The number of amides is 1. The van der Waals surface area contributed by atoms with Crippen molar-refractivity contribution in [2.24, 2.45) is 0 Å². The molecule has 0 fully saturated rings. The zero-order chi connectivity index (χ0) is 20.6. The van der Waals surface area contributed by atoms with Crippen molar-refractivity contribution in [1.29, 1.82) is 0 Å². The first-order valence-corrected chi connectivity index (χ1v) is 9.46. The maximum Gasteiger partial charge on any atom is 0.326 e. The molecule has 0 aliphatic heterocycles. The van der Waals surface area contributed by atoms with Gasteiger partial charge in [-0.25, -0.2) is 0 Å². The van der Waals surface area contributed by atoms with E-state index in [4.69, 9.17) is 4.74 Å². The van der Waals surface area contributed by atoms with E-state index >= 15 is 0 Å². The van der Waals surface area contributed by atoms with Gasteiger partial charge in [0.25, 0.3) is 0 Å². The molecule has 5 heteroatoms. The Bertz CT molecular complexity index is 940. The van der Waals surface area contributed by atoms with Crippen LogP contribution in [0, 0.1) is 0 Å². The zero-order valence-electron chi connectivity index (χ0n) is 16.2. The van der Waals surface area contributed by atoms with Gasteiger partial charge >= 0.3 is 5.97 Å². The number of phenols is 1. The SMILES string of the molecule is CCOC(=O)CN(C(=O)C(c1ccccc1)c1ccc(O)cc1)c1ccccc1. The van der Waals surface area contributed by atoms with Gasteiger partial charge in [-0.15, -0.1) is 0 Å². The Kier molecular flexibility index (Phi) is 6.63. The van der Waals surface area contributed by atoms with Crippen LogP contribution in [-0.4, -0.2) is 30.1 Å². The van der Waals surface area contributed by atoms with E-state index in [-0.39, 0.29) is 24.8 Å². The normalized spacial score (nSPS) is 11.5. The van der Waals surface area contributed by atoms with Gasteiger partial charge in [0.1, 0.15) is 12.3 Å². The quantitative estimate of drug-likeness (QED) is 0.617. The monoisotopic (exact) mass is 389 g/mol. The summed E-state index contributed by atoms with van der Waals surface area (Å²) in [5.41, 5.74) is 2.14. The highest BCUT2D eigenvalue weighted by atomic mass is 16.5. The minimum atomic E-state index is -0.633. The third kappa shape index (κ3) is 5.02. The summed E-state index contributed by atoms with van der Waals surface area (Å²) in [5, 5.41) is 9.66. The summed E-state index contributed by atoms with van der Waals surface area (Å²) in [6.45, 7) is 1.80. The number of hydrogen-bond acceptors (Lipinski definition) is 4. The summed E-state index contributed by atoms with van der Waals surface area (Å²) in [6.07, 6.45) is 0. The molecule has 0 aliphatic carbocycles. The van der Waals surface area contributed by atoms with E-state index in [1.54, 1.807) is 43.3 Å². The first-order chi connectivity index (χ1) is 14.1. The number of para-hydroxylation sites is 1. The van der Waals surface area contributed by atoms with Crippen LogP contribution in [-0.2, 0) is 14.3 Å². The minimum Gasteiger partial charge on any atom is -0.508 e. The molecule has 5 nitrogen and oxygen atoms in total. The smallest absolute Gasteiger partial charge is 0.326 e. The number of anilines is 1. The van der Waals surface area contributed by atoms with Crippen LogP contribution in [0.15, 0.2) is 84.9 Å². The molecular formula is C24H23NO4. The molecule has 0 saturated carbocycles. The highest BCUT2D eigenvalue weighted by molar-refractivity contribution is 6.03. The van der Waals surface area contributed by atoms with E-state index < -0.39 is 11.9 Å². The lowest BCUT2D eigenvalue weighted by atomic mass is 9.89. The third-order valence-corrected chi connectivity index (χ3v) is 4.53. The molecule has 3 aromatic carbocycles. The van der Waals surface area contributed by atoms with Gasteiger partial charge in [-0.3, -0.25) is 9.59 Å². The third-order valence-electron chi connectivity index (χ3n) is 4.53. The molecule has 0 saturated heterocycles. The molecule has 0 aromatic heterocycles. The van der Waals surface area contributed by atoms with Crippen LogP contribution >= 0.6 is 0 Å². The van der Waals surface area contributed by atoms with E-state index in [0.29, 0.717) is 5.69 Å². The number of esters is 1. The fraction of sp³-hybridized carbons (Fsp3) is 0.167. The lowest BCUT2D eigenvalue weighted by Crippen LogP contribution is -2.40. The Morgan fingerprint density at radius 2 is 1.41 bits per heavy atom. The molecule has 148 valence electrons. The number of nitrogens with zero attached hydrogens (tertiary/aromatic N) is 1. The number of rotatable bonds is 7. The van der Waals surface area contributed by atoms with Gasteiger partial charge in [-0.2, -0.15) is 0 Å². The largest absolute Gasteiger partial charge is 0.508 e. The Morgan fingerprint density at radius 1 is 0.862 bits per heavy atom. The Balaban J connectivity index is 2.04. The maximum atomic E-state index is 13.7. The lowest BCUT2D eigenvalue weighted by Gasteiger charge is -2.27. The maximum absolute atomic E-state index is 13.7. The molecule has 1 N–H and O–H groups in total. The Hall–Kier alpha value is -3.60. The van der Waals surface area contributed by atoms with E-state index in [2.05, 4.69) is 0 Å². The van der Waals surface area contributed by atoms with Gasteiger partial charge in [0.15, 0.2) is 0 Å². The standard InChI is InChI=1S/C24H23NO4/c1-2-29-22(27)17-25(20-11-7-4-8-12-20)24(28)23(18-9-5-3-6-10-18)19-13-15-21(26)16-14-19/h3-16,23,26H,2,17H2,1H3. The van der Waals surface area contributed by atoms with Crippen LogP contribution in [0.2, 0.25) is 0 Å². The van der Waals surface area contributed by atoms with Crippen LogP contribution in [0.5, 0.6) is 5.75 Å². The second-order valence-electron chi connectivity index (χ2n) is 6.50. The minimum absolute atomic E-state index is 0.124. The van der Waals surface area contributed by atoms with Crippen molar-refractivity contribution in [1.82, 2.24) is 0 Å². The molecular weight excluding hydrogens is 366 g/mol. The van der Waals surface area contributed by atoms with Crippen molar-refractivity contribution < 1.29 is 19.4 Å². The predicted molar refractivity (Wildman–Crippen MR) is 112 cm³/mol. The fourth-order valence-electron chi connectivity index (χ4n) is 3.19. The van der Waals surface area contributed by atoms with Crippen molar-refractivity contribution >= 4 is 17.6 Å². The summed E-state index contributed by atoms with van der Waals surface area (Å²) in [4.78, 5) is 27.4. The summed E-state index contributed by atoms with van der Waals surface area (Å²) in [6, 6.07) is 25.0. The van der Waals surface area contributed by atoms with Gasteiger partial charge in [0.2, 0.25) is 5.91 Å². The molecule has 0 aliphatic rings. The number of hydrogen-bond donors (Lipinski definition) is 1. The molecule has 0 bridgehead atoms. The number of aromatic hydroxyl groups is 1. The van der Waals surface area contributed by atoms with Gasteiger partial charge in [0.05, 0.1) is 12.5 Å². The average molecular weight is 389 g/mol. The van der Waals surface area contributed by atoms with Crippen molar-refractivity contribution in [2.45, 2.75) is 12.8 Å². The van der Waals surface area contributed by atoms with Crippen LogP contribution in [0.25, 0.3) is 0 Å². The van der Waals surface area contributed by atoms with Crippen molar-refractivity contribution in [2.75, 3.05) is 18.1 Å². The predicted octanol–water partition coefficient (Wildman–Crippen LogP) is 4.12. The van der Waals surface area contributed by atoms with E-state index in [9.17, 15) is 14.7 Å². The number of benzene rings is 3. The fourth-order valence-corrected chi connectivity index (χ4v) is 3.19. The first kappa shape index (κ1) is 20.1. The topological polar surface area (TPSA) is 66.8 Å². The molecule has 1 unspecified atom stereocenters. The van der Waals surface area contributed by atoms with Crippen LogP contribution < -0.4 is 4.90 Å². The molecule has 1 atom stereocenters. The second kappa shape index (κ2) is 9.55. The molecule has 3 aromatic rings. The van der Waals surface area contributed by atoms with E-state index in [1.165, 1.54) is 4.90 Å². The second-order valence-corrected chi connectivity index (χ2v) is 6.50.